The largest absolute Gasteiger partial charge is 0.481 e. The van der Waals surface area contributed by atoms with Crippen LogP contribution in [0.15, 0.2) is 18.3 Å². The van der Waals surface area contributed by atoms with Crippen molar-refractivity contribution in [3.8, 4) is 0 Å². The van der Waals surface area contributed by atoms with Gasteiger partial charge in [0.05, 0.1) is 6.42 Å². The van der Waals surface area contributed by atoms with Crippen LogP contribution >= 0.6 is 0 Å². The Kier molecular flexibility index (Phi) is 4.12. The highest BCUT2D eigenvalue weighted by atomic mass is 19.4. The second-order valence-corrected chi connectivity index (χ2v) is 5.43. The topological polar surface area (TPSA) is 70.5 Å². The molecule has 1 aromatic heterocycles. The van der Waals surface area contributed by atoms with Crippen molar-refractivity contribution in [3.63, 3.8) is 0 Å². The van der Waals surface area contributed by atoms with Gasteiger partial charge in [0.1, 0.15) is 0 Å². The first kappa shape index (κ1) is 16.3. The molecule has 1 aliphatic heterocycles. The smallest absolute Gasteiger partial charge is 0.406 e. The van der Waals surface area contributed by atoms with Crippen LogP contribution in [0.3, 0.4) is 0 Å². The van der Waals surface area contributed by atoms with Gasteiger partial charge < -0.3 is 10.0 Å². The minimum absolute atomic E-state index is 0.0964. The average molecular weight is 316 g/mol. The Morgan fingerprint density at radius 3 is 2.55 bits per heavy atom. The summed E-state index contributed by atoms with van der Waals surface area (Å²) in [5, 5.41) is 8.95. The number of rotatable bonds is 3. The Balaban J connectivity index is 2.10. The highest BCUT2D eigenvalue weighted by Crippen LogP contribution is 2.45. The molecule has 2 heterocycles. The van der Waals surface area contributed by atoms with Gasteiger partial charge in [-0.2, -0.15) is 13.2 Å². The molecule has 0 bridgehead atoms. The van der Waals surface area contributed by atoms with E-state index in [0.717, 1.165) is 10.6 Å². The Labute approximate surface area is 124 Å². The fourth-order valence-corrected chi connectivity index (χ4v) is 2.44. The molecule has 1 N–H and O–H groups in total. The van der Waals surface area contributed by atoms with E-state index in [4.69, 9.17) is 5.11 Å². The molecule has 22 heavy (non-hydrogen) atoms. The molecule has 0 aromatic carbocycles. The van der Waals surface area contributed by atoms with Crippen molar-refractivity contribution < 1.29 is 27.9 Å². The van der Waals surface area contributed by atoms with Crippen LogP contribution < -0.4 is 0 Å². The summed E-state index contributed by atoms with van der Waals surface area (Å²) in [4.78, 5) is 28.1. The van der Waals surface area contributed by atoms with Crippen LogP contribution in [0, 0.1) is 12.3 Å². The second kappa shape index (κ2) is 5.58. The molecule has 0 saturated carbocycles. The zero-order valence-electron chi connectivity index (χ0n) is 11.9. The van der Waals surface area contributed by atoms with Crippen LogP contribution in [0.25, 0.3) is 0 Å². The molecule has 1 atom stereocenters. The summed E-state index contributed by atoms with van der Waals surface area (Å²) in [6, 6.07) is 3.37. The van der Waals surface area contributed by atoms with Crippen molar-refractivity contribution in [1.29, 1.82) is 0 Å². The van der Waals surface area contributed by atoms with Crippen LogP contribution in [-0.4, -0.2) is 46.1 Å². The predicted molar refractivity (Wildman–Crippen MR) is 70.0 cm³/mol. The lowest BCUT2D eigenvalue weighted by atomic mass is 9.86. The van der Waals surface area contributed by atoms with Gasteiger partial charge in [0, 0.05) is 25.0 Å². The predicted octanol–water partition coefficient (Wildman–Crippen LogP) is 1.80. The number of aromatic nitrogens is 1. The zero-order valence-corrected chi connectivity index (χ0v) is 11.9. The summed E-state index contributed by atoms with van der Waals surface area (Å²) >= 11 is 0. The number of aliphatic carboxylic acids is 1. The van der Waals surface area contributed by atoms with E-state index in [2.05, 4.69) is 4.98 Å². The Morgan fingerprint density at radius 1 is 1.41 bits per heavy atom. The molecular weight excluding hydrogens is 301 g/mol. The van der Waals surface area contributed by atoms with Crippen molar-refractivity contribution in [3.05, 3.63) is 29.6 Å². The Morgan fingerprint density at radius 2 is 2.09 bits per heavy atom. The maximum absolute atomic E-state index is 13.0. The number of aryl methyl sites for hydroxylation is 1. The number of amides is 1. The minimum atomic E-state index is -4.89. The number of carbonyl (C=O) groups is 2. The van der Waals surface area contributed by atoms with E-state index in [9.17, 15) is 22.8 Å². The number of carboxylic acid groups (broad SMARTS) is 1. The van der Waals surface area contributed by atoms with Gasteiger partial charge in [-0.1, -0.05) is 6.07 Å². The fourth-order valence-electron chi connectivity index (χ4n) is 2.44. The van der Waals surface area contributed by atoms with Gasteiger partial charge in [0.2, 0.25) is 5.91 Å². The molecule has 5 nitrogen and oxygen atoms in total. The van der Waals surface area contributed by atoms with Crippen LogP contribution in [0.2, 0.25) is 0 Å². The van der Waals surface area contributed by atoms with Gasteiger partial charge >= 0.3 is 12.1 Å². The monoisotopic (exact) mass is 316 g/mol. The van der Waals surface area contributed by atoms with E-state index in [-0.39, 0.29) is 13.0 Å². The van der Waals surface area contributed by atoms with E-state index in [1.54, 1.807) is 19.1 Å². The first-order chi connectivity index (χ1) is 10.2. The van der Waals surface area contributed by atoms with Crippen molar-refractivity contribution in [2.24, 2.45) is 5.41 Å². The van der Waals surface area contributed by atoms with Crippen molar-refractivity contribution >= 4 is 11.9 Å². The third-order valence-electron chi connectivity index (χ3n) is 3.90. The van der Waals surface area contributed by atoms with Crippen molar-refractivity contribution in [2.45, 2.75) is 25.9 Å². The standard InChI is InChI=1S/C14H15F3N2O3/c1-9-2-3-10(7-18-9)6-11(20)19-5-4-13(8-19,12(21)22)14(15,16)17/h2-3,7H,4-6,8H2,1H3,(H,21,22). The Hall–Kier alpha value is -2.12. The van der Waals surface area contributed by atoms with E-state index < -0.39 is 36.4 Å². The molecule has 0 spiro atoms. The van der Waals surface area contributed by atoms with E-state index in [1.807, 2.05) is 0 Å². The highest BCUT2D eigenvalue weighted by molar-refractivity contribution is 5.82. The molecule has 0 radical (unpaired) electrons. The molecule has 1 aromatic rings. The molecule has 1 aliphatic rings. The summed E-state index contributed by atoms with van der Waals surface area (Å²) in [7, 11) is 0. The molecular formula is C14H15F3N2O3. The number of alkyl halides is 3. The van der Waals surface area contributed by atoms with Gasteiger partial charge in [0.15, 0.2) is 5.41 Å². The summed E-state index contributed by atoms with van der Waals surface area (Å²) < 4.78 is 39.1. The van der Waals surface area contributed by atoms with Crippen LogP contribution in [0.5, 0.6) is 0 Å². The first-order valence-corrected chi connectivity index (χ1v) is 6.65. The average Bonchev–Trinajstić information content (AvgIpc) is 2.87. The number of carboxylic acids is 1. The number of halogens is 3. The van der Waals surface area contributed by atoms with Gasteiger partial charge in [-0.25, -0.2) is 0 Å². The number of pyridine rings is 1. The van der Waals surface area contributed by atoms with Gasteiger partial charge in [-0.05, 0) is 25.0 Å². The highest BCUT2D eigenvalue weighted by Gasteiger charge is 2.64. The van der Waals surface area contributed by atoms with Crippen LogP contribution in [0.4, 0.5) is 13.2 Å². The fraction of sp³-hybridized carbons (Fsp3) is 0.500. The zero-order chi connectivity index (χ0) is 16.5. The van der Waals surface area contributed by atoms with Crippen LogP contribution in [-0.2, 0) is 16.0 Å². The summed E-state index contributed by atoms with van der Waals surface area (Å²) in [5.41, 5.74) is -1.52. The molecule has 1 fully saturated rings. The summed E-state index contributed by atoms with van der Waals surface area (Å²) in [6.45, 7) is 0.713. The molecule has 8 heteroatoms. The lowest BCUT2D eigenvalue weighted by Gasteiger charge is -2.27. The molecule has 1 amide bonds. The number of carbonyl (C=O) groups excluding carboxylic acids is 1. The van der Waals surface area contributed by atoms with Crippen LogP contribution in [0.1, 0.15) is 17.7 Å². The molecule has 1 unspecified atom stereocenters. The number of likely N-dealkylation sites (tertiary alicyclic amines) is 1. The minimum Gasteiger partial charge on any atom is -0.481 e. The van der Waals surface area contributed by atoms with Gasteiger partial charge in [-0.3, -0.25) is 14.6 Å². The third-order valence-corrected chi connectivity index (χ3v) is 3.90. The van der Waals surface area contributed by atoms with Gasteiger partial charge in [-0.15, -0.1) is 0 Å². The number of hydrogen-bond acceptors (Lipinski definition) is 3. The lowest BCUT2D eigenvalue weighted by molar-refractivity contribution is -0.227. The Bertz CT molecular complexity index is 586. The SMILES string of the molecule is Cc1ccc(CC(=O)N2CCC(C(=O)O)(C(F)(F)F)C2)cn1. The lowest BCUT2D eigenvalue weighted by Crippen LogP contribution is -2.47. The third kappa shape index (κ3) is 2.90. The molecule has 2 rings (SSSR count). The summed E-state index contributed by atoms with van der Waals surface area (Å²) in [5.74, 6) is -2.47. The van der Waals surface area contributed by atoms with Gasteiger partial charge in [0.25, 0.3) is 0 Å². The normalized spacial score (nSPS) is 21.9. The van der Waals surface area contributed by atoms with E-state index in [0.29, 0.717) is 5.56 Å². The van der Waals surface area contributed by atoms with E-state index in [1.165, 1.54) is 6.20 Å². The second-order valence-electron chi connectivity index (χ2n) is 5.43. The molecule has 0 aliphatic carbocycles. The van der Waals surface area contributed by atoms with E-state index >= 15 is 0 Å². The summed E-state index contributed by atoms with van der Waals surface area (Å²) in [6.07, 6.45) is -4.12. The molecule has 1 saturated heterocycles. The maximum Gasteiger partial charge on any atom is 0.406 e. The van der Waals surface area contributed by atoms with Crippen molar-refractivity contribution in [1.82, 2.24) is 9.88 Å². The number of hydrogen-bond donors (Lipinski definition) is 1. The van der Waals surface area contributed by atoms with Crippen molar-refractivity contribution in [2.75, 3.05) is 13.1 Å². The quantitative estimate of drug-likeness (QED) is 0.923. The molecule has 120 valence electrons. The number of nitrogens with zero attached hydrogens (tertiary/aromatic N) is 2. The maximum atomic E-state index is 13.0. The first-order valence-electron chi connectivity index (χ1n) is 6.65.